The molecule has 1 aliphatic rings. The van der Waals surface area contributed by atoms with E-state index in [1.807, 2.05) is 13.0 Å². The Hall–Kier alpha value is -3.80. The number of aromatic nitrogens is 1. The number of anilines is 1. The van der Waals surface area contributed by atoms with Gasteiger partial charge in [0.1, 0.15) is 17.2 Å². The highest BCUT2D eigenvalue weighted by Gasteiger charge is 2.44. The van der Waals surface area contributed by atoms with Gasteiger partial charge in [0.2, 0.25) is 5.76 Å². The average molecular weight is 386 g/mol. The average Bonchev–Trinajstić information content (AvgIpc) is 3.02. The zero-order valence-electron chi connectivity index (χ0n) is 15.4. The molecular formula is C23H15FN2O3. The molecule has 6 heteroatoms. The third-order valence-corrected chi connectivity index (χ3v) is 5.09. The van der Waals surface area contributed by atoms with Gasteiger partial charge >= 0.3 is 0 Å². The van der Waals surface area contributed by atoms with Gasteiger partial charge in [-0.25, -0.2) is 9.37 Å². The van der Waals surface area contributed by atoms with Crippen LogP contribution in [0.1, 0.15) is 33.3 Å². The molecule has 0 bridgehead atoms. The summed E-state index contributed by atoms with van der Waals surface area (Å²) in [5.74, 6) is -0.609. The van der Waals surface area contributed by atoms with Crippen LogP contribution in [0.4, 0.5) is 10.2 Å². The Kier molecular flexibility index (Phi) is 3.81. The molecule has 0 N–H and O–H groups in total. The van der Waals surface area contributed by atoms with Crippen molar-refractivity contribution in [2.45, 2.75) is 13.0 Å². The standard InChI is InChI=1S/C23H15FN2O3/c1-13-8-9-17-16(11-13)21(27)19-20(14-5-4-6-15(24)12-14)26(23(28)22(19)29-17)18-7-2-3-10-25-18/h2-12,20H,1H3/t20-/m0/s1. The number of rotatable bonds is 2. The van der Waals surface area contributed by atoms with Crippen molar-refractivity contribution >= 4 is 22.7 Å². The topological polar surface area (TPSA) is 63.4 Å². The summed E-state index contributed by atoms with van der Waals surface area (Å²) >= 11 is 0. The smallest absolute Gasteiger partial charge is 0.296 e. The highest BCUT2D eigenvalue weighted by molar-refractivity contribution is 6.10. The monoisotopic (exact) mass is 386 g/mol. The van der Waals surface area contributed by atoms with Crippen LogP contribution in [0, 0.1) is 12.7 Å². The summed E-state index contributed by atoms with van der Waals surface area (Å²) in [5.41, 5.74) is 1.61. The molecule has 1 amide bonds. The Morgan fingerprint density at radius 3 is 2.66 bits per heavy atom. The summed E-state index contributed by atoms with van der Waals surface area (Å²) in [6.07, 6.45) is 1.56. The van der Waals surface area contributed by atoms with E-state index < -0.39 is 17.8 Å². The van der Waals surface area contributed by atoms with Gasteiger partial charge < -0.3 is 4.42 Å². The van der Waals surface area contributed by atoms with Crippen LogP contribution in [0.3, 0.4) is 0 Å². The van der Waals surface area contributed by atoms with Crippen molar-refractivity contribution in [3.63, 3.8) is 0 Å². The summed E-state index contributed by atoms with van der Waals surface area (Å²) in [5, 5.41) is 0.390. The SMILES string of the molecule is Cc1ccc2oc3c(c(=O)c2c1)[C@H](c1cccc(F)c1)N(c1ccccn1)C3=O. The van der Waals surface area contributed by atoms with Gasteiger partial charge in [-0.05, 0) is 48.9 Å². The second-order valence-electron chi connectivity index (χ2n) is 6.99. The van der Waals surface area contributed by atoms with E-state index in [0.717, 1.165) is 5.56 Å². The van der Waals surface area contributed by atoms with E-state index in [0.29, 0.717) is 22.4 Å². The lowest BCUT2D eigenvalue weighted by atomic mass is 9.98. The third kappa shape index (κ3) is 2.64. The molecule has 29 heavy (non-hydrogen) atoms. The minimum Gasteiger partial charge on any atom is -0.450 e. The maximum absolute atomic E-state index is 14.0. The van der Waals surface area contributed by atoms with E-state index in [1.54, 1.807) is 48.7 Å². The lowest BCUT2D eigenvalue weighted by molar-refractivity contribution is 0.0970. The predicted molar refractivity (Wildman–Crippen MR) is 107 cm³/mol. The van der Waals surface area contributed by atoms with Crippen LogP contribution in [-0.4, -0.2) is 10.9 Å². The number of aryl methyl sites for hydroxylation is 1. The summed E-state index contributed by atoms with van der Waals surface area (Å²) in [7, 11) is 0. The van der Waals surface area contributed by atoms with Crippen molar-refractivity contribution in [2.75, 3.05) is 4.90 Å². The van der Waals surface area contributed by atoms with Gasteiger partial charge in [0.25, 0.3) is 5.91 Å². The van der Waals surface area contributed by atoms with Crippen molar-refractivity contribution in [3.8, 4) is 0 Å². The van der Waals surface area contributed by atoms with Crippen molar-refractivity contribution < 1.29 is 13.6 Å². The summed E-state index contributed by atoms with van der Waals surface area (Å²) in [6, 6.07) is 15.4. The van der Waals surface area contributed by atoms with E-state index in [1.165, 1.54) is 17.0 Å². The fourth-order valence-electron chi connectivity index (χ4n) is 3.81. The Bertz CT molecular complexity index is 1330. The van der Waals surface area contributed by atoms with E-state index in [2.05, 4.69) is 4.98 Å². The van der Waals surface area contributed by atoms with Crippen LogP contribution in [0.15, 0.2) is 76.1 Å². The van der Waals surface area contributed by atoms with Crippen molar-refractivity contribution in [1.29, 1.82) is 0 Å². The lowest BCUT2D eigenvalue weighted by Crippen LogP contribution is -2.30. The summed E-state index contributed by atoms with van der Waals surface area (Å²) in [4.78, 5) is 32.4. The fraction of sp³-hybridized carbons (Fsp3) is 0.0870. The van der Waals surface area contributed by atoms with E-state index in [-0.39, 0.29) is 16.8 Å². The largest absolute Gasteiger partial charge is 0.450 e. The van der Waals surface area contributed by atoms with Gasteiger partial charge in [-0.2, -0.15) is 0 Å². The first-order chi connectivity index (χ1) is 14.0. The number of pyridine rings is 1. The maximum Gasteiger partial charge on any atom is 0.296 e. The number of benzene rings is 2. The molecule has 0 fully saturated rings. The Labute approximate surface area is 165 Å². The van der Waals surface area contributed by atoms with Crippen molar-refractivity contribution in [3.05, 3.63) is 105 Å². The fourth-order valence-corrected chi connectivity index (χ4v) is 3.81. The molecule has 4 aromatic rings. The van der Waals surface area contributed by atoms with Gasteiger partial charge in [0.05, 0.1) is 17.0 Å². The molecule has 0 saturated heterocycles. The predicted octanol–water partition coefficient (Wildman–Crippen LogP) is 4.39. The van der Waals surface area contributed by atoms with E-state index in [4.69, 9.17) is 4.42 Å². The molecule has 2 aromatic heterocycles. The number of nitrogens with zero attached hydrogens (tertiary/aromatic N) is 2. The number of carbonyl (C=O) groups excluding carboxylic acids is 1. The molecule has 5 nitrogen and oxygen atoms in total. The molecule has 5 rings (SSSR count). The summed E-state index contributed by atoms with van der Waals surface area (Å²) < 4.78 is 19.9. The normalized spacial score (nSPS) is 15.7. The zero-order chi connectivity index (χ0) is 20.1. The second-order valence-corrected chi connectivity index (χ2v) is 6.99. The Morgan fingerprint density at radius 2 is 1.90 bits per heavy atom. The first-order valence-corrected chi connectivity index (χ1v) is 9.12. The number of carbonyl (C=O) groups is 1. The molecule has 0 unspecified atom stereocenters. The van der Waals surface area contributed by atoms with Crippen LogP contribution >= 0.6 is 0 Å². The Balaban J connectivity index is 1.84. The number of hydrogen-bond donors (Lipinski definition) is 0. The quantitative estimate of drug-likeness (QED) is 0.513. The van der Waals surface area contributed by atoms with Crippen LogP contribution in [0.5, 0.6) is 0 Å². The van der Waals surface area contributed by atoms with Crippen LogP contribution < -0.4 is 10.3 Å². The van der Waals surface area contributed by atoms with Crippen molar-refractivity contribution in [1.82, 2.24) is 4.98 Å². The molecule has 3 heterocycles. The molecule has 0 saturated carbocycles. The summed E-state index contributed by atoms with van der Waals surface area (Å²) in [6.45, 7) is 1.88. The highest BCUT2D eigenvalue weighted by atomic mass is 19.1. The van der Waals surface area contributed by atoms with Gasteiger partial charge in [0.15, 0.2) is 5.43 Å². The molecule has 0 radical (unpaired) electrons. The third-order valence-electron chi connectivity index (χ3n) is 5.09. The van der Waals surface area contributed by atoms with Gasteiger partial charge in [-0.15, -0.1) is 0 Å². The molecule has 0 aliphatic carbocycles. The second kappa shape index (κ2) is 6.38. The molecule has 0 spiro atoms. The number of fused-ring (bicyclic) bond motifs is 2. The van der Waals surface area contributed by atoms with Crippen LogP contribution in [0.2, 0.25) is 0 Å². The number of hydrogen-bond acceptors (Lipinski definition) is 4. The molecule has 142 valence electrons. The Morgan fingerprint density at radius 1 is 1.03 bits per heavy atom. The molecule has 2 aromatic carbocycles. The maximum atomic E-state index is 14.0. The van der Waals surface area contributed by atoms with Gasteiger partial charge in [0, 0.05) is 6.20 Å². The number of halogens is 1. The zero-order valence-corrected chi connectivity index (χ0v) is 15.4. The molecule has 1 atom stereocenters. The first kappa shape index (κ1) is 17.3. The lowest BCUT2D eigenvalue weighted by Gasteiger charge is -2.24. The van der Waals surface area contributed by atoms with Crippen LogP contribution in [-0.2, 0) is 0 Å². The minimum atomic E-state index is -0.829. The molecule has 1 aliphatic heterocycles. The highest BCUT2D eigenvalue weighted by Crippen LogP contribution is 2.40. The van der Waals surface area contributed by atoms with Crippen molar-refractivity contribution in [2.24, 2.45) is 0 Å². The van der Waals surface area contributed by atoms with Gasteiger partial charge in [-0.3, -0.25) is 14.5 Å². The van der Waals surface area contributed by atoms with Gasteiger partial charge in [-0.1, -0.05) is 29.8 Å². The minimum absolute atomic E-state index is 0.0359. The number of amides is 1. The van der Waals surface area contributed by atoms with Crippen LogP contribution in [0.25, 0.3) is 11.0 Å². The first-order valence-electron chi connectivity index (χ1n) is 9.12. The molecular weight excluding hydrogens is 371 g/mol. The van der Waals surface area contributed by atoms with E-state index >= 15 is 0 Å². The van der Waals surface area contributed by atoms with E-state index in [9.17, 15) is 14.0 Å².